The third kappa shape index (κ3) is 8.74. The molecule has 0 saturated heterocycles. The quantitative estimate of drug-likeness (QED) is 0.127. The molecule has 3 rings (SSSR count). The van der Waals surface area contributed by atoms with Gasteiger partial charge in [0.15, 0.2) is 0 Å². The number of carbonyl (C=O) groups excluding carboxylic acids is 2. The van der Waals surface area contributed by atoms with Crippen molar-refractivity contribution in [3.63, 3.8) is 0 Å². The second-order valence-corrected chi connectivity index (χ2v) is 9.87. The Morgan fingerprint density at radius 2 is 1.76 bits per heavy atom. The number of terminal acetylenes is 1. The summed E-state index contributed by atoms with van der Waals surface area (Å²) in [7, 11) is 1.76. The maximum Gasteiger partial charge on any atom is 0.320 e. The van der Waals surface area contributed by atoms with Crippen LogP contribution in [0, 0.1) is 17.8 Å². The molecule has 1 amide bonds. The molecule has 202 valence electrons. The van der Waals surface area contributed by atoms with E-state index in [1.807, 2.05) is 18.2 Å². The van der Waals surface area contributed by atoms with Crippen LogP contribution in [0.1, 0.15) is 72.5 Å². The Hall–Kier alpha value is -3.63. The van der Waals surface area contributed by atoms with Crippen molar-refractivity contribution >= 4 is 23.4 Å². The summed E-state index contributed by atoms with van der Waals surface area (Å²) in [6.45, 7) is 4.83. The van der Waals surface area contributed by atoms with Crippen molar-refractivity contribution in [2.45, 2.75) is 58.4 Å². The number of amides is 1. The van der Waals surface area contributed by atoms with Crippen molar-refractivity contribution in [2.24, 2.45) is 0 Å². The number of hydrogen-bond acceptors (Lipinski definition) is 5. The highest BCUT2D eigenvalue weighted by Crippen LogP contribution is 2.23. The fourth-order valence-corrected chi connectivity index (χ4v) is 4.54. The van der Waals surface area contributed by atoms with E-state index in [9.17, 15) is 9.59 Å². The summed E-state index contributed by atoms with van der Waals surface area (Å²) in [5, 5.41) is 11.2. The van der Waals surface area contributed by atoms with Gasteiger partial charge in [0.05, 0.1) is 19.7 Å². The zero-order valence-electron chi connectivity index (χ0n) is 22.7. The fourth-order valence-electron chi connectivity index (χ4n) is 4.54. The van der Waals surface area contributed by atoms with Crippen LogP contribution in [0.2, 0.25) is 0 Å². The van der Waals surface area contributed by atoms with Gasteiger partial charge in [0.2, 0.25) is 0 Å². The van der Waals surface area contributed by atoms with E-state index in [4.69, 9.17) is 16.6 Å². The zero-order chi connectivity index (χ0) is 27.3. The SMILES string of the molecule is C#CCN(C)C(=N)c1ccc(C(=O)Nc2ccc3c(c2)CCN(CC(=O)OCCCCCCCC)C3)cc1. The Labute approximate surface area is 227 Å². The highest BCUT2D eigenvalue weighted by molar-refractivity contribution is 6.05. The Kier molecular flexibility index (Phi) is 11.4. The van der Waals surface area contributed by atoms with E-state index < -0.39 is 0 Å². The molecule has 7 heteroatoms. The van der Waals surface area contributed by atoms with E-state index in [-0.39, 0.29) is 11.9 Å². The largest absolute Gasteiger partial charge is 0.465 e. The van der Waals surface area contributed by atoms with Gasteiger partial charge >= 0.3 is 5.97 Å². The van der Waals surface area contributed by atoms with Crippen LogP contribution in [0.5, 0.6) is 0 Å². The number of carbonyl (C=O) groups is 2. The number of rotatable bonds is 13. The predicted molar refractivity (Wildman–Crippen MR) is 152 cm³/mol. The summed E-state index contributed by atoms with van der Waals surface area (Å²) < 4.78 is 5.44. The molecule has 2 aromatic rings. The minimum absolute atomic E-state index is 0.158. The first-order valence-electron chi connectivity index (χ1n) is 13.6. The van der Waals surface area contributed by atoms with Crippen LogP contribution in [0.3, 0.4) is 0 Å². The van der Waals surface area contributed by atoms with Crippen LogP contribution in [0.4, 0.5) is 5.69 Å². The van der Waals surface area contributed by atoms with Crippen molar-refractivity contribution in [2.75, 3.05) is 38.6 Å². The minimum Gasteiger partial charge on any atom is -0.465 e. The normalized spacial score (nSPS) is 12.8. The van der Waals surface area contributed by atoms with Gasteiger partial charge in [-0.1, -0.05) is 63.1 Å². The first-order chi connectivity index (χ1) is 18.4. The highest BCUT2D eigenvalue weighted by atomic mass is 16.5. The van der Waals surface area contributed by atoms with Crippen LogP contribution in [0.25, 0.3) is 0 Å². The molecule has 0 spiro atoms. The van der Waals surface area contributed by atoms with Gasteiger partial charge in [0.1, 0.15) is 5.84 Å². The van der Waals surface area contributed by atoms with Gasteiger partial charge < -0.3 is 15.0 Å². The van der Waals surface area contributed by atoms with Gasteiger partial charge in [-0.05, 0) is 48.2 Å². The van der Waals surface area contributed by atoms with Crippen LogP contribution in [-0.2, 0) is 22.5 Å². The molecule has 0 fully saturated rings. The summed E-state index contributed by atoms with van der Waals surface area (Å²) >= 11 is 0. The number of esters is 1. The average Bonchev–Trinajstić information content (AvgIpc) is 2.92. The van der Waals surface area contributed by atoms with E-state index in [1.54, 1.807) is 36.2 Å². The summed E-state index contributed by atoms with van der Waals surface area (Å²) in [6, 6.07) is 12.9. The van der Waals surface area contributed by atoms with Crippen molar-refractivity contribution in [3.05, 3.63) is 64.7 Å². The molecular weight excluding hydrogens is 476 g/mol. The van der Waals surface area contributed by atoms with Gasteiger partial charge in [-0.15, -0.1) is 6.42 Å². The van der Waals surface area contributed by atoms with E-state index in [0.717, 1.165) is 37.1 Å². The maximum absolute atomic E-state index is 12.8. The van der Waals surface area contributed by atoms with Crippen molar-refractivity contribution in [1.29, 1.82) is 5.41 Å². The number of fused-ring (bicyclic) bond motifs is 1. The Morgan fingerprint density at radius 1 is 1.05 bits per heavy atom. The molecule has 0 atom stereocenters. The molecule has 0 aromatic heterocycles. The van der Waals surface area contributed by atoms with E-state index in [1.165, 1.54) is 31.2 Å². The molecule has 1 heterocycles. The number of nitrogens with one attached hydrogen (secondary N) is 2. The third-order valence-corrected chi connectivity index (χ3v) is 6.80. The van der Waals surface area contributed by atoms with Crippen LogP contribution < -0.4 is 5.32 Å². The number of ether oxygens (including phenoxy) is 1. The number of nitrogens with zero attached hydrogens (tertiary/aromatic N) is 2. The van der Waals surface area contributed by atoms with Crippen molar-refractivity contribution in [3.8, 4) is 12.3 Å². The highest BCUT2D eigenvalue weighted by Gasteiger charge is 2.20. The third-order valence-electron chi connectivity index (χ3n) is 6.80. The standard InChI is InChI=1S/C31H40N4O3/c1-4-6-7-8-9-10-20-38-29(36)23-35-19-17-26-21-28(16-15-27(26)22-35)33-31(37)25-13-11-24(12-14-25)30(32)34(3)18-5-2/h2,11-16,21,32H,4,6-10,17-20,22-23H2,1,3H3,(H,33,37). The Bertz CT molecular complexity index is 1140. The number of amidine groups is 1. The maximum atomic E-state index is 12.8. The molecule has 0 unspecified atom stereocenters. The van der Waals surface area contributed by atoms with E-state index >= 15 is 0 Å². The van der Waals surface area contributed by atoms with Crippen LogP contribution in [0.15, 0.2) is 42.5 Å². The zero-order valence-corrected chi connectivity index (χ0v) is 22.7. The van der Waals surface area contributed by atoms with Gasteiger partial charge in [0.25, 0.3) is 5.91 Å². The lowest BCUT2D eigenvalue weighted by molar-refractivity contribution is -0.145. The number of unbranched alkanes of at least 4 members (excludes halogenated alkanes) is 5. The minimum atomic E-state index is -0.203. The molecular formula is C31H40N4O3. The summed E-state index contributed by atoms with van der Waals surface area (Å²) in [5.74, 6) is 2.47. The smallest absolute Gasteiger partial charge is 0.320 e. The number of hydrogen-bond donors (Lipinski definition) is 2. The van der Waals surface area contributed by atoms with E-state index in [0.29, 0.717) is 43.2 Å². The molecule has 38 heavy (non-hydrogen) atoms. The van der Waals surface area contributed by atoms with Crippen LogP contribution >= 0.6 is 0 Å². The van der Waals surface area contributed by atoms with Gasteiger partial charge in [-0.3, -0.25) is 19.9 Å². The molecule has 2 aromatic carbocycles. The monoisotopic (exact) mass is 516 g/mol. The Morgan fingerprint density at radius 3 is 2.50 bits per heavy atom. The van der Waals surface area contributed by atoms with E-state index in [2.05, 4.69) is 23.1 Å². The fraction of sp³-hybridized carbons (Fsp3) is 0.452. The summed E-state index contributed by atoms with van der Waals surface area (Å²) in [6.07, 6.45) is 13.2. The molecule has 2 N–H and O–H groups in total. The molecule has 0 bridgehead atoms. The number of anilines is 1. The average molecular weight is 517 g/mol. The second-order valence-electron chi connectivity index (χ2n) is 9.87. The predicted octanol–water partition coefficient (Wildman–Crippen LogP) is 5.09. The molecule has 1 aliphatic rings. The number of benzene rings is 2. The van der Waals surface area contributed by atoms with Crippen LogP contribution in [-0.4, -0.2) is 60.8 Å². The lowest BCUT2D eigenvalue weighted by Gasteiger charge is -2.28. The lowest BCUT2D eigenvalue weighted by Crippen LogP contribution is -2.35. The van der Waals surface area contributed by atoms with Gasteiger partial charge in [-0.2, -0.15) is 0 Å². The first kappa shape index (κ1) is 28.9. The van der Waals surface area contributed by atoms with Gasteiger partial charge in [0, 0.05) is 37.0 Å². The Balaban J connectivity index is 1.46. The molecule has 0 radical (unpaired) electrons. The second kappa shape index (κ2) is 14.9. The van der Waals surface area contributed by atoms with Crippen molar-refractivity contribution < 1.29 is 14.3 Å². The topological polar surface area (TPSA) is 85.7 Å². The van der Waals surface area contributed by atoms with Gasteiger partial charge in [-0.25, -0.2) is 0 Å². The molecule has 0 aliphatic carbocycles. The molecule has 7 nitrogen and oxygen atoms in total. The van der Waals surface area contributed by atoms with Crippen molar-refractivity contribution in [1.82, 2.24) is 9.80 Å². The summed E-state index contributed by atoms with van der Waals surface area (Å²) in [5.41, 5.74) is 4.30. The first-order valence-corrected chi connectivity index (χ1v) is 13.6. The molecule has 0 saturated carbocycles. The summed E-state index contributed by atoms with van der Waals surface area (Å²) in [4.78, 5) is 28.8. The molecule has 1 aliphatic heterocycles. The lowest BCUT2D eigenvalue weighted by atomic mass is 9.99.